The van der Waals surface area contributed by atoms with Crippen molar-refractivity contribution in [3.05, 3.63) is 59.7 Å². The van der Waals surface area contributed by atoms with E-state index in [0.29, 0.717) is 19.8 Å². The van der Waals surface area contributed by atoms with Crippen LogP contribution in [0.1, 0.15) is 24.0 Å². The predicted octanol–water partition coefficient (Wildman–Crippen LogP) is 2.15. The van der Waals surface area contributed by atoms with E-state index in [1.807, 2.05) is 55.5 Å². The Bertz CT molecular complexity index is 871. The number of carbonyl (C=O) groups excluding carboxylic acids is 1. The number of carboxylic acid groups (broad SMARTS) is 1. The van der Waals surface area contributed by atoms with Crippen LogP contribution in [0.3, 0.4) is 0 Å². The fourth-order valence-corrected chi connectivity index (χ4v) is 3.54. The number of aliphatic carboxylic acids is 1. The standard InChI is InChI=1S/C23H27NO7/c1-2-28-11-12-29-13-14-31-23(24,21(25)26)22(27)30-15-20-18-9-5-3-7-16(18)17-8-4-6-10-19(17)20/h3-10,20H,2,11-15,24H2,1H3,(H,25,26). The third-order valence-electron chi connectivity index (χ3n) is 5.10. The fourth-order valence-electron chi connectivity index (χ4n) is 3.54. The molecule has 0 saturated heterocycles. The minimum absolute atomic E-state index is 0.0483. The number of ether oxygens (including phenoxy) is 4. The van der Waals surface area contributed by atoms with Gasteiger partial charge in [0.1, 0.15) is 6.61 Å². The van der Waals surface area contributed by atoms with Crippen molar-refractivity contribution in [2.45, 2.75) is 18.6 Å². The Morgan fingerprint density at radius 2 is 1.48 bits per heavy atom. The molecular formula is C23H27NO7. The smallest absolute Gasteiger partial charge is 0.366 e. The van der Waals surface area contributed by atoms with Gasteiger partial charge in [0.15, 0.2) is 0 Å². The summed E-state index contributed by atoms with van der Waals surface area (Å²) in [5.41, 5.74) is 7.29. The summed E-state index contributed by atoms with van der Waals surface area (Å²) in [4.78, 5) is 24.2. The molecule has 1 atom stereocenters. The van der Waals surface area contributed by atoms with Crippen LogP contribution < -0.4 is 5.73 Å². The van der Waals surface area contributed by atoms with Gasteiger partial charge in [-0.05, 0) is 29.2 Å². The molecule has 0 saturated carbocycles. The molecule has 1 aliphatic rings. The lowest BCUT2D eigenvalue weighted by Crippen LogP contribution is -2.58. The summed E-state index contributed by atoms with van der Waals surface area (Å²) >= 11 is 0. The van der Waals surface area contributed by atoms with Crippen molar-refractivity contribution in [3.63, 3.8) is 0 Å². The van der Waals surface area contributed by atoms with Gasteiger partial charge in [0.2, 0.25) is 0 Å². The normalized spacial score (nSPS) is 14.5. The van der Waals surface area contributed by atoms with Gasteiger partial charge in [-0.15, -0.1) is 0 Å². The lowest BCUT2D eigenvalue weighted by molar-refractivity contribution is -0.188. The van der Waals surface area contributed by atoms with Gasteiger partial charge in [-0.3, -0.25) is 5.73 Å². The van der Waals surface area contributed by atoms with Crippen LogP contribution in [0.2, 0.25) is 0 Å². The second kappa shape index (κ2) is 10.5. The minimum Gasteiger partial charge on any atom is -0.478 e. The quantitative estimate of drug-likeness (QED) is 0.228. The molecule has 0 aromatic heterocycles. The Hall–Kier alpha value is -2.78. The molecule has 0 bridgehead atoms. The van der Waals surface area contributed by atoms with Crippen LogP contribution >= 0.6 is 0 Å². The molecule has 1 unspecified atom stereocenters. The number of nitrogens with two attached hydrogens (primary N) is 1. The molecule has 166 valence electrons. The van der Waals surface area contributed by atoms with E-state index >= 15 is 0 Å². The molecule has 31 heavy (non-hydrogen) atoms. The maximum Gasteiger partial charge on any atom is 0.366 e. The zero-order valence-electron chi connectivity index (χ0n) is 17.4. The second-order valence-electron chi connectivity index (χ2n) is 7.02. The molecule has 0 radical (unpaired) electrons. The molecule has 0 fully saturated rings. The molecule has 8 nitrogen and oxygen atoms in total. The van der Waals surface area contributed by atoms with Crippen LogP contribution in [0.4, 0.5) is 0 Å². The van der Waals surface area contributed by atoms with E-state index in [4.69, 9.17) is 24.7 Å². The summed E-state index contributed by atoms with van der Waals surface area (Å²) in [7, 11) is 0. The Balaban J connectivity index is 1.61. The molecule has 0 spiro atoms. The average Bonchev–Trinajstić information content (AvgIpc) is 3.10. The number of fused-ring (bicyclic) bond motifs is 3. The molecule has 0 heterocycles. The van der Waals surface area contributed by atoms with Crippen molar-refractivity contribution in [2.75, 3.05) is 39.6 Å². The van der Waals surface area contributed by atoms with Crippen molar-refractivity contribution in [2.24, 2.45) is 5.73 Å². The number of hydrogen-bond acceptors (Lipinski definition) is 7. The number of rotatable bonds is 12. The van der Waals surface area contributed by atoms with E-state index in [2.05, 4.69) is 0 Å². The van der Waals surface area contributed by atoms with Crippen LogP contribution in [0.5, 0.6) is 0 Å². The van der Waals surface area contributed by atoms with Gasteiger partial charge < -0.3 is 24.1 Å². The average molecular weight is 429 g/mol. The Kier molecular flexibility index (Phi) is 7.75. The van der Waals surface area contributed by atoms with Crippen molar-refractivity contribution in [1.82, 2.24) is 0 Å². The largest absolute Gasteiger partial charge is 0.478 e. The van der Waals surface area contributed by atoms with Gasteiger partial charge in [-0.25, -0.2) is 9.59 Å². The molecule has 1 aliphatic carbocycles. The lowest BCUT2D eigenvalue weighted by Gasteiger charge is -2.24. The SMILES string of the molecule is CCOCCOCCOC(N)(C(=O)O)C(=O)OCC1c2ccccc2-c2ccccc21. The highest BCUT2D eigenvalue weighted by molar-refractivity contribution is 6.02. The highest BCUT2D eigenvalue weighted by Crippen LogP contribution is 2.44. The van der Waals surface area contributed by atoms with Crippen molar-refractivity contribution in [1.29, 1.82) is 0 Å². The van der Waals surface area contributed by atoms with Crippen molar-refractivity contribution >= 4 is 11.9 Å². The highest BCUT2D eigenvalue weighted by atomic mass is 16.6. The summed E-state index contributed by atoms with van der Waals surface area (Å²) in [6.45, 7) is 3.02. The number of esters is 1. The lowest BCUT2D eigenvalue weighted by atomic mass is 9.98. The van der Waals surface area contributed by atoms with Gasteiger partial charge in [0.25, 0.3) is 0 Å². The van der Waals surface area contributed by atoms with Gasteiger partial charge >= 0.3 is 17.7 Å². The second-order valence-corrected chi connectivity index (χ2v) is 7.02. The van der Waals surface area contributed by atoms with E-state index in [1.54, 1.807) is 0 Å². The summed E-state index contributed by atoms with van der Waals surface area (Å²) in [5.74, 6) is -2.99. The first kappa shape index (κ1) is 22.9. The molecule has 0 amide bonds. The summed E-state index contributed by atoms with van der Waals surface area (Å²) in [6.07, 6.45) is 0. The van der Waals surface area contributed by atoms with Crippen LogP contribution in [0.15, 0.2) is 48.5 Å². The minimum atomic E-state index is -2.61. The zero-order valence-corrected chi connectivity index (χ0v) is 17.4. The maximum atomic E-state index is 12.6. The van der Waals surface area contributed by atoms with E-state index < -0.39 is 17.7 Å². The topological polar surface area (TPSA) is 117 Å². The predicted molar refractivity (Wildman–Crippen MR) is 112 cm³/mol. The molecule has 8 heteroatoms. The third kappa shape index (κ3) is 5.11. The zero-order chi connectivity index (χ0) is 22.3. The molecule has 2 aromatic rings. The van der Waals surface area contributed by atoms with E-state index in [9.17, 15) is 14.7 Å². The Morgan fingerprint density at radius 1 is 0.935 bits per heavy atom. The Labute approximate surface area is 180 Å². The number of carbonyl (C=O) groups is 2. The summed E-state index contributed by atoms with van der Waals surface area (Å²) in [6, 6.07) is 15.7. The molecule has 3 rings (SSSR count). The third-order valence-corrected chi connectivity index (χ3v) is 5.10. The van der Waals surface area contributed by atoms with Gasteiger partial charge in [-0.1, -0.05) is 48.5 Å². The molecule has 2 aromatic carbocycles. The van der Waals surface area contributed by atoms with Gasteiger partial charge in [-0.2, -0.15) is 0 Å². The first-order chi connectivity index (χ1) is 15.0. The van der Waals surface area contributed by atoms with Crippen molar-refractivity contribution < 1.29 is 33.6 Å². The van der Waals surface area contributed by atoms with E-state index in [1.165, 1.54) is 0 Å². The van der Waals surface area contributed by atoms with Crippen LogP contribution in [0.25, 0.3) is 11.1 Å². The summed E-state index contributed by atoms with van der Waals surface area (Å²) in [5, 5.41) is 9.47. The van der Waals surface area contributed by atoms with Crippen LogP contribution in [-0.4, -0.2) is 62.4 Å². The van der Waals surface area contributed by atoms with E-state index in [0.717, 1.165) is 22.3 Å². The van der Waals surface area contributed by atoms with Crippen LogP contribution in [0, 0.1) is 0 Å². The summed E-state index contributed by atoms with van der Waals surface area (Å²) < 4.78 is 20.9. The number of hydrogen-bond donors (Lipinski definition) is 2. The highest BCUT2D eigenvalue weighted by Gasteiger charge is 2.46. The van der Waals surface area contributed by atoms with E-state index in [-0.39, 0.29) is 25.7 Å². The first-order valence-electron chi connectivity index (χ1n) is 10.2. The fraction of sp³-hybridized carbons (Fsp3) is 0.391. The maximum absolute atomic E-state index is 12.6. The van der Waals surface area contributed by atoms with Gasteiger partial charge in [0, 0.05) is 12.5 Å². The van der Waals surface area contributed by atoms with Gasteiger partial charge in [0.05, 0.1) is 26.4 Å². The Morgan fingerprint density at radius 3 is 2.06 bits per heavy atom. The molecule has 3 N–H and O–H groups in total. The molecule has 0 aliphatic heterocycles. The van der Waals surface area contributed by atoms with Crippen molar-refractivity contribution in [3.8, 4) is 11.1 Å². The molecular weight excluding hydrogens is 402 g/mol. The number of carboxylic acids is 1. The number of benzene rings is 2. The first-order valence-corrected chi connectivity index (χ1v) is 10.2. The van der Waals surface area contributed by atoms with Crippen LogP contribution in [-0.2, 0) is 28.5 Å². The monoisotopic (exact) mass is 429 g/mol.